The second-order valence-electron chi connectivity index (χ2n) is 7.59. The summed E-state index contributed by atoms with van der Waals surface area (Å²) in [7, 11) is -2.22. The minimum Gasteiger partial charge on any atom is -0.444 e. The predicted molar refractivity (Wildman–Crippen MR) is 97.6 cm³/mol. The van der Waals surface area contributed by atoms with Crippen molar-refractivity contribution < 1.29 is 22.3 Å². The molecule has 0 N–H and O–H groups in total. The summed E-state index contributed by atoms with van der Waals surface area (Å²) >= 11 is 0. The molecule has 1 heterocycles. The summed E-state index contributed by atoms with van der Waals surface area (Å²) in [5.41, 5.74) is -0.466. The fourth-order valence-corrected chi connectivity index (χ4v) is 4.34. The van der Waals surface area contributed by atoms with Crippen molar-refractivity contribution in [2.45, 2.75) is 51.0 Å². The number of carbonyl (C=O) groups excluding carboxylic acids is 1. The third-order valence-electron chi connectivity index (χ3n) is 4.30. The minimum absolute atomic E-state index is 0.138. The SMILES string of the molecule is CN([C@@H]1CCCN(C(=O)OC(C)(C)C)C1)S(=O)(=O)Cc1ccccc1F. The van der Waals surface area contributed by atoms with Crippen LogP contribution in [0.1, 0.15) is 39.2 Å². The molecule has 1 saturated heterocycles. The highest BCUT2D eigenvalue weighted by molar-refractivity contribution is 7.88. The van der Waals surface area contributed by atoms with Gasteiger partial charge in [0, 0.05) is 31.7 Å². The first-order valence-corrected chi connectivity index (χ1v) is 10.3. The fraction of sp³-hybridized carbons (Fsp3) is 0.611. The number of amides is 1. The van der Waals surface area contributed by atoms with Crippen LogP contribution >= 0.6 is 0 Å². The van der Waals surface area contributed by atoms with Crippen molar-refractivity contribution >= 4 is 16.1 Å². The Kier molecular flexibility index (Phi) is 6.29. The smallest absolute Gasteiger partial charge is 0.410 e. The minimum atomic E-state index is -3.71. The maximum atomic E-state index is 13.8. The third-order valence-corrected chi connectivity index (χ3v) is 6.15. The molecule has 0 bridgehead atoms. The van der Waals surface area contributed by atoms with E-state index in [0.717, 1.165) is 0 Å². The van der Waals surface area contributed by atoms with Gasteiger partial charge >= 0.3 is 6.09 Å². The number of piperidine rings is 1. The average molecular weight is 386 g/mol. The number of benzene rings is 1. The average Bonchev–Trinajstić information content (AvgIpc) is 2.54. The highest BCUT2D eigenvalue weighted by Gasteiger charge is 2.34. The zero-order valence-corrected chi connectivity index (χ0v) is 16.6. The first kappa shape index (κ1) is 20.6. The van der Waals surface area contributed by atoms with Gasteiger partial charge in [0.05, 0.1) is 5.75 Å². The van der Waals surface area contributed by atoms with Crippen LogP contribution in [0.5, 0.6) is 0 Å². The Labute approximate surface area is 155 Å². The van der Waals surface area contributed by atoms with Gasteiger partial charge in [-0.3, -0.25) is 0 Å². The van der Waals surface area contributed by atoms with Gasteiger partial charge in [0.1, 0.15) is 11.4 Å². The quantitative estimate of drug-likeness (QED) is 0.798. The van der Waals surface area contributed by atoms with Gasteiger partial charge in [-0.15, -0.1) is 0 Å². The van der Waals surface area contributed by atoms with E-state index in [0.29, 0.717) is 19.4 Å². The lowest BCUT2D eigenvalue weighted by Gasteiger charge is -2.37. The summed E-state index contributed by atoms with van der Waals surface area (Å²) in [5.74, 6) is -0.942. The lowest BCUT2D eigenvalue weighted by Crippen LogP contribution is -2.51. The van der Waals surface area contributed by atoms with Crippen LogP contribution in [0.3, 0.4) is 0 Å². The molecule has 1 aliphatic heterocycles. The van der Waals surface area contributed by atoms with Crippen LogP contribution < -0.4 is 0 Å². The topological polar surface area (TPSA) is 66.9 Å². The van der Waals surface area contributed by atoms with Gasteiger partial charge in [0.25, 0.3) is 0 Å². The van der Waals surface area contributed by atoms with E-state index in [-0.39, 0.29) is 18.2 Å². The summed E-state index contributed by atoms with van der Waals surface area (Å²) in [6, 6.07) is 5.49. The molecule has 1 atom stereocenters. The number of nitrogens with zero attached hydrogens (tertiary/aromatic N) is 2. The summed E-state index contributed by atoms with van der Waals surface area (Å²) in [6.07, 6.45) is 0.887. The van der Waals surface area contributed by atoms with Gasteiger partial charge in [-0.25, -0.2) is 17.6 Å². The molecule has 1 aromatic carbocycles. The Bertz CT molecular complexity index is 746. The van der Waals surface area contributed by atoms with E-state index in [9.17, 15) is 17.6 Å². The Morgan fingerprint density at radius 1 is 1.35 bits per heavy atom. The Hall–Kier alpha value is -1.67. The second-order valence-corrected chi connectivity index (χ2v) is 9.61. The summed E-state index contributed by atoms with van der Waals surface area (Å²) in [5, 5.41) is 0. The van der Waals surface area contributed by atoms with E-state index < -0.39 is 33.3 Å². The zero-order valence-electron chi connectivity index (χ0n) is 15.7. The number of halogens is 1. The second kappa shape index (κ2) is 7.92. The van der Waals surface area contributed by atoms with Crippen LogP contribution in [-0.2, 0) is 20.5 Å². The molecular weight excluding hydrogens is 359 g/mol. The number of carbonyl (C=O) groups is 1. The van der Waals surface area contributed by atoms with Crippen LogP contribution in [-0.4, -0.2) is 55.5 Å². The van der Waals surface area contributed by atoms with Gasteiger partial charge in [-0.2, -0.15) is 4.31 Å². The molecule has 0 spiro atoms. The standard InChI is InChI=1S/C18H27FN2O4S/c1-18(2,3)25-17(22)21-11-7-9-15(12-21)20(4)26(23,24)13-14-8-5-6-10-16(14)19/h5-6,8,10,15H,7,9,11-13H2,1-4H3/t15-/m1/s1. The van der Waals surface area contributed by atoms with Gasteiger partial charge < -0.3 is 9.64 Å². The van der Waals surface area contributed by atoms with E-state index in [4.69, 9.17) is 4.74 Å². The molecule has 8 heteroatoms. The van der Waals surface area contributed by atoms with Crippen molar-refractivity contribution in [3.05, 3.63) is 35.6 Å². The van der Waals surface area contributed by atoms with E-state index in [1.807, 2.05) is 0 Å². The highest BCUT2D eigenvalue weighted by Crippen LogP contribution is 2.22. The van der Waals surface area contributed by atoms with Crippen molar-refractivity contribution in [2.24, 2.45) is 0 Å². The molecule has 0 aliphatic carbocycles. The van der Waals surface area contributed by atoms with Gasteiger partial charge in [0.2, 0.25) is 10.0 Å². The lowest BCUT2D eigenvalue weighted by molar-refractivity contribution is 0.0163. The number of likely N-dealkylation sites (tertiary alicyclic amines) is 1. The first-order chi connectivity index (χ1) is 12.0. The van der Waals surface area contributed by atoms with Crippen LogP contribution in [0.15, 0.2) is 24.3 Å². The molecule has 0 radical (unpaired) electrons. The van der Waals surface area contributed by atoms with Gasteiger partial charge in [0.15, 0.2) is 0 Å². The van der Waals surface area contributed by atoms with Crippen LogP contribution in [0, 0.1) is 5.82 Å². The van der Waals surface area contributed by atoms with E-state index in [1.54, 1.807) is 26.8 Å². The molecule has 2 rings (SSSR count). The Morgan fingerprint density at radius 3 is 2.62 bits per heavy atom. The van der Waals surface area contributed by atoms with E-state index in [1.165, 1.54) is 34.5 Å². The Morgan fingerprint density at radius 2 is 2.00 bits per heavy atom. The molecule has 1 aliphatic rings. The van der Waals surface area contributed by atoms with Gasteiger partial charge in [-0.1, -0.05) is 18.2 Å². The van der Waals surface area contributed by atoms with Crippen molar-refractivity contribution in [1.29, 1.82) is 0 Å². The number of rotatable bonds is 4. The van der Waals surface area contributed by atoms with E-state index in [2.05, 4.69) is 0 Å². The van der Waals surface area contributed by atoms with Gasteiger partial charge in [-0.05, 0) is 39.7 Å². The number of hydrogen-bond donors (Lipinski definition) is 0. The lowest BCUT2D eigenvalue weighted by atomic mass is 10.1. The molecular formula is C18H27FN2O4S. The number of likely N-dealkylation sites (N-methyl/N-ethyl adjacent to an activating group) is 1. The largest absolute Gasteiger partial charge is 0.444 e. The maximum absolute atomic E-state index is 13.8. The fourth-order valence-electron chi connectivity index (χ4n) is 2.88. The van der Waals surface area contributed by atoms with Crippen molar-refractivity contribution in [3.63, 3.8) is 0 Å². The molecule has 26 heavy (non-hydrogen) atoms. The van der Waals surface area contributed by atoms with Crippen LogP contribution in [0.2, 0.25) is 0 Å². The molecule has 146 valence electrons. The monoisotopic (exact) mass is 386 g/mol. The maximum Gasteiger partial charge on any atom is 0.410 e. The molecule has 6 nitrogen and oxygen atoms in total. The van der Waals surface area contributed by atoms with E-state index >= 15 is 0 Å². The first-order valence-electron chi connectivity index (χ1n) is 8.66. The molecule has 1 amide bonds. The van der Waals surface area contributed by atoms with Crippen molar-refractivity contribution in [3.8, 4) is 0 Å². The van der Waals surface area contributed by atoms with Crippen molar-refractivity contribution in [1.82, 2.24) is 9.21 Å². The summed E-state index contributed by atoms with van der Waals surface area (Å²) < 4.78 is 45.8. The molecule has 1 fully saturated rings. The number of ether oxygens (including phenoxy) is 1. The van der Waals surface area contributed by atoms with Crippen LogP contribution in [0.4, 0.5) is 9.18 Å². The molecule has 0 saturated carbocycles. The third kappa shape index (κ3) is 5.41. The predicted octanol–water partition coefficient (Wildman–Crippen LogP) is 2.99. The molecule has 0 aromatic heterocycles. The molecule has 0 unspecified atom stereocenters. The zero-order chi connectivity index (χ0) is 19.5. The normalized spacial score (nSPS) is 18.8. The molecule has 1 aromatic rings. The van der Waals surface area contributed by atoms with Crippen molar-refractivity contribution in [2.75, 3.05) is 20.1 Å². The Balaban J connectivity index is 2.07. The highest BCUT2D eigenvalue weighted by atomic mass is 32.2. The van der Waals surface area contributed by atoms with Crippen LogP contribution in [0.25, 0.3) is 0 Å². The summed E-state index contributed by atoms with van der Waals surface area (Å²) in [6.45, 7) is 6.17. The summed E-state index contributed by atoms with van der Waals surface area (Å²) in [4.78, 5) is 13.8. The number of hydrogen-bond acceptors (Lipinski definition) is 4. The number of sulfonamides is 1.